The van der Waals surface area contributed by atoms with E-state index in [0.717, 1.165) is 16.8 Å². The number of H-pyrrole nitrogens is 1. The second-order valence-corrected chi connectivity index (χ2v) is 5.42. The van der Waals surface area contributed by atoms with Crippen LogP contribution in [0, 0.1) is 0 Å². The van der Waals surface area contributed by atoms with E-state index in [4.69, 9.17) is 28.9 Å². The van der Waals surface area contributed by atoms with Gasteiger partial charge in [-0.1, -0.05) is 23.2 Å². The largest absolute Gasteiger partial charge is 0.396 e. The first kappa shape index (κ1) is 13.2. The number of benzene rings is 2. The fourth-order valence-corrected chi connectivity index (χ4v) is 2.64. The second-order valence-electron chi connectivity index (χ2n) is 4.61. The van der Waals surface area contributed by atoms with E-state index in [1.807, 2.05) is 36.5 Å². The summed E-state index contributed by atoms with van der Waals surface area (Å²) >= 11 is 12.0. The highest BCUT2D eigenvalue weighted by molar-refractivity contribution is 6.38. The molecule has 0 amide bonds. The molecular formula is C15H13Cl2N3. The summed E-state index contributed by atoms with van der Waals surface area (Å²) in [5.41, 5.74) is 9.29. The molecule has 0 radical (unpaired) electrons. The predicted molar refractivity (Wildman–Crippen MR) is 86.5 cm³/mol. The van der Waals surface area contributed by atoms with Crippen molar-refractivity contribution >= 4 is 45.5 Å². The van der Waals surface area contributed by atoms with Gasteiger partial charge in [-0.3, -0.25) is 0 Å². The number of halogens is 2. The Morgan fingerprint density at radius 2 is 1.80 bits per heavy atom. The maximum Gasteiger partial charge on any atom is 0.0693 e. The highest BCUT2D eigenvalue weighted by Gasteiger charge is 2.05. The first-order valence-corrected chi connectivity index (χ1v) is 6.93. The average Bonchev–Trinajstić information content (AvgIpc) is 2.89. The molecule has 0 aliphatic rings. The van der Waals surface area contributed by atoms with Gasteiger partial charge in [0, 0.05) is 29.3 Å². The molecule has 1 heterocycles. The number of aromatic nitrogens is 1. The zero-order chi connectivity index (χ0) is 14.1. The van der Waals surface area contributed by atoms with E-state index in [1.54, 1.807) is 0 Å². The lowest BCUT2D eigenvalue weighted by Crippen LogP contribution is -2.00. The van der Waals surface area contributed by atoms with Crippen LogP contribution in [0.2, 0.25) is 10.0 Å². The average molecular weight is 306 g/mol. The van der Waals surface area contributed by atoms with Crippen LogP contribution in [0.3, 0.4) is 0 Å². The van der Waals surface area contributed by atoms with E-state index in [9.17, 15) is 0 Å². The molecule has 102 valence electrons. The van der Waals surface area contributed by atoms with Crippen molar-refractivity contribution in [1.82, 2.24) is 4.98 Å². The second kappa shape index (κ2) is 5.27. The molecule has 2 aromatic carbocycles. The minimum Gasteiger partial charge on any atom is -0.396 e. The van der Waals surface area contributed by atoms with Crippen LogP contribution < -0.4 is 11.1 Å². The molecule has 20 heavy (non-hydrogen) atoms. The van der Waals surface area contributed by atoms with Gasteiger partial charge in [-0.15, -0.1) is 0 Å². The Hall–Kier alpha value is -1.84. The number of nitrogen functional groups attached to an aromatic ring is 1. The lowest BCUT2D eigenvalue weighted by molar-refractivity contribution is 1.15. The molecule has 1 aromatic heterocycles. The van der Waals surface area contributed by atoms with E-state index >= 15 is 0 Å². The van der Waals surface area contributed by atoms with Crippen LogP contribution in [0.1, 0.15) is 5.56 Å². The first-order valence-electron chi connectivity index (χ1n) is 6.18. The Labute approximate surface area is 126 Å². The number of rotatable bonds is 3. The number of fused-ring (bicyclic) bond motifs is 1. The Morgan fingerprint density at radius 1 is 1.05 bits per heavy atom. The molecule has 0 bridgehead atoms. The van der Waals surface area contributed by atoms with Crippen molar-refractivity contribution in [3.05, 3.63) is 58.2 Å². The molecule has 3 nitrogen and oxygen atoms in total. The van der Waals surface area contributed by atoms with Crippen molar-refractivity contribution < 1.29 is 0 Å². The molecule has 0 aliphatic heterocycles. The highest BCUT2D eigenvalue weighted by Crippen LogP contribution is 2.29. The summed E-state index contributed by atoms with van der Waals surface area (Å²) in [6.07, 6.45) is 1.92. The minimum atomic E-state index is 0.422. The topological polar surface area (TPSA) is 53.8 Å². The molecule has 5 heteroatoms. The van der Waals surface area contributed by atoms with E-state index in [2.05, 4.69) is 16.4 Å². The third-order valence-corrected chi connectivity index (χ3v) is 3.81. The van der Waals surface area contributed by atoms with Crippen LogP contribution in [0.5, 0.6) is 0 Å². The van der Waals surface area contributed by atoms with Crippen molar-refractivity contribution in [2.75, 3.05) is 11.1 Å². The fourth-order valence-electron chi connectivity index (χ4n) is 2.11. The highest BCUT2D eigenvalue weighted by atomic mass is 35.5. The van der Waals surface area contributed by atoms with Crippen molar-refractivity contribution in [3.63, 3.8) is 0 Å². The molecule has 0 spiro atoms. The van der Waals surface area contributed by atoms with Gasteiger partial charge in [0.1, 0.15) is 0 Å². The van der Waals surface area contributed by atoms with Crippen molar-refractivity contribution in [1.29, 1.82) is 0 Å². The zero-order valence-corrected chi connectivity index (χ0v) is 12.1. The predicted octanol–water partition coefficient (Wildman–Crippen LogP) is 4.67. The maximum absolute atomic E-state index is 6.02. The first-order chi connectivity index (χ1) is 9.63. The third-order valence-electron chi connectivity index (χ3n) is 3.19. The molecule has 3 rings (SSSR count). The minimum absolute atomic E-state index is 0.422. The number of hydrogen-bond acceptors (Lipinski definition) is 2. The smallest absolute Gasteiger partial charge is 0.0693 e. The Morgan fingerprint density at radius 3 is 2.55 bits per heavy atom. The molecular weight excluding hydrogens is 293 g/mol. The molecule has 3 aromatic rings. The summed E-state index contributed by atoms with van der Waals surface area (Å²) in [5, 5.41) is 5.48. The van der Waals surface area contributed by atoms with E-state index in [-0.39, 0.29) is 0 Å². The molecule has 0 unspecified atom stereocenters. The van der Waals surface area contributed by atoms with Gasteiger partial charge in [-0.2, -0.15) is 0 Å². The van der Waals surface area contributed by atoms with E-state index in [1.165, 1.54) is 5.39 Å². The molecule has 0 saturated heterocycles. The van der Waals surface area contributed by atoms with Gasteiger partial charge < -0.3 is 16.0 Å². The molecule has 0 aliphatic carbocycles. The van der Waals surface area contributed by atoms with Gasteiger partial charge in [-0.05, 0) is 42.0 Å². The third kappa shape index (κ3) is 2.55. The van der Waals surface area contributed by atoms with Crippen molar-refractivity contribution in [2.24, 2.45) is 0 Å². The number of nitrogens with two attached hydrogens (primary N) is 1. The fraction of sp³-hybridized carbons (Fsp3) is 0.0667. The lowest BCUT2D eigenvalue weighted by atomic mass is 10.2. The SMILES string of the molecule is Nc1c(Cl)cc(CNc2ccc3[nH]ccc3c2)cc1Cl. The van der Waals surface area contributed by atoms with Crippen LogP contribution in [-0.4, -0.2) is 4.98 Å². The Kier molecular flexibility index (Phi) is 3.47. The maximum atomic E-state index is 6.02. The molecule has 0 fully saturated rings. The normalized spacial score (nSPS) is 10.9. The summed E-state index contributed by atoms with van der Waals surface area (Å²) < 4.78 is 0. The van der Waals surface area contributed by atoms with Gasteiger partial charge in [0.2, 0.25) is 0 Å². The van der Waals surface area contributed by atoms with Gasteiger partial charge in [0.25, 0.3) is 0 Å². The standard InChI is InChI=1S/C15H13Cl2N3/c16-12-5-9(6-13(17)15(12)18)8-20-11-1-2-14-10(7-11)3-4-19-14/h1-7,19-20H,8,18H2. The quantitative estimate of drug-likeness (QED) is 0.616. The number of anilines is 2. The Balaban J connectivity index is 1.78. The summed E-state index contributed by atoms with van der Waals surface area (Å²) in [7, 11) is 0. The van der Waals surface area contributed by atoms with Crippen LogP contribution >= 0.6 is 23.2 Å². The number of hydrogen-bond donors (Lipinski definition) is 3. The van der Waals surface area contributed by atoms with Gasteiger partial charge in [-0.25, -0.2) is 0 Å². The zero-order valence-electron chi connectivity index (χ0n) is 10.6. The lowest BCUT2D eigenvalue weighted by Gasteiger charge is -2.09. The van der Waals surface area contributed by atoms with E-state index < -0.39 is 0 Å². The van der Waals surface area contributed by atoms with E-state index in [0.29, 0.717) is 22.3 Å². The van der Waals surface area contributed by atoms with Crippen LogP contribution in [0.25, 0.3) is 10.9 Å². The van der Waals surface area contributed by atoms with Gasteiger partial charge >= 0.3 is 0 Å². The summed E-state index contributed by atoms with van der Waals surface area (Å²) in [6, 6.07) is 11.8. The van der Waals surface area contributed by atoms with Crippen molar-refractivity contribution in [2.45, 2.75) is 6.54 Å². The van der Waals surface area contributed by atoms with Crippen LogP contribution in [-0.2, 0) is 6.54 Å². The molecule has 0 atom stereocenters. The van der Waals surface area contributed by atoms with Crippen molar-refractivity contribution in [3.8, 4) is 0 Å². The summed E-state index contributed by atoms with van der Waals surface area (Å²) in [4.78, 5) is 3.17. The summed E-state index contributed by atoms with van der Waals surface area (Å²) in [6.45, 7) is 0.635. The van der Waals surface area contributed by atoms with Crippen LogP contribution in [0.4, 0.5) is 11.4 Å². The van der Waals surface area contributed by atoms with Gasteiger partial charge in [0.15, 0.2) is 0 Å². The molecule has 4 N–H and O–H groups in total. The van der Waals surface area contributed by atoms with Crippen LogP contribution in [0.15, 0.2) is 42.6 Å². The van der Waals surface area contributed by atoms with Gasteiger partial charge in [0.05, 0.1) is 15.7 Å². The monoisotopic (exact) mass is 305 g/mol. The molecule has 0 saturated carbocycles. The number of nitrogens with one attached hydrogen (secondary N) is 2. The Bertz CT molecular complexity index is 742. The summed E-state index contributed by atoms with van der Waals surface area (Å²) in [5.74, 6) is 0. The number of aromatic amines is 1.